The number of benzene rings is 4. The van der Waals surface area contributed by atoms with Crippen LogP contribution in [0.2, 0.25) is 0 Å². The Morgan fingerprint density at radius 1 is 1.00 bits per heavy atom. The van der Waals surface area contributed by atoms with E-state index in [0.717, 1.165) is 89.7 Å². The number of ether oxygens (including phenoxy) is 1. The number of para-hydroxylation sites is 1. The van der Waals surface area contributed by atoms with Gasteiger partial charge in [-0.05, 0) is 58.3 Å². The van der Waals surface area contributed by atoms with Crippen LogP contribution in [0.1, 0.15) is 35.7 Å². The van der Waals surface area contributed by atoms with Crippen LogP contribution in [-0.4, -0.2) is 39.2 Å². The number of hydrogen-bond donors (Lipinski definition) is 2. The summed E-state index contributed by atoms with van der Waals surface area (Å²) in [5.41, 5.74) is 10.9. The highest BCUT2D eigenvalue weighted by atomic mass is 16.5. The number of carbonyl (C=O) groups excluding carboxylic acids is 1. The summed E-state index contributed by atoms with van der Waals surface area (Å²) in [6.07, 6.45) is 2.79. The van der Waals surface area contributed by atoms with Crippen LogP contribution in [0.3, 0.4) is 0 Å². The molecule has 0 saturated carbocycles. The molecule has 1 saturated heterocycles. The minimum absolute atomic E-state index is 0.365. The standard InChI is InChI=1S/C30H33N3O2/c1-3-4-11-23-27(22-12-7-8-13-26(22)35-2)24-18-20-9-5-6-10-21(20)19-25(24)29(28(23)30(31)34)33-16-14-32-15-17-33/h5-10,12-13,18-19,32H,3-4,11,14-17H2,1-2H3,(H2,31,34). The van der Waals surface area contributed by atoms with Gasteiger partial charge in [-0.2, -0.15) is 0 Å². The third-order valence-corrected chi connectivity index (χ3v) is 7.09. The summed E-state index contributed by atoms with van der Waals surface area (Å²) < 4.78 is 5.81. The topological polar surface area (TPSA) is 67.6 Å². The van der Waals surface area contributed by atoms with Crippen LogP contribution in [0.4, 0.5) is 5.69 Å². The van der Waals surface area contributed by atoms with E-state index in [1.165, 1.54) is 5.39 Å². The van der Waals surface area contributed by atoms with E-state index < -0.39 is 0 Å². The fourth-order valence-corrected chi connectivity index (χ4v) is 5.45. The molecule has 1 heterocycles. The average molecular weight is 468 g/mol. The van der Waals surface area contributed by atoms with Crippen molar-refractivity contribution in [3.05, 3.63) is 71.8 Å². The lowest BCUT2D eigenvalue weighted by Gasteiger charge is -2.34. The number of fused-ring (bicyclic) bond motifs is 2. The van der Waals surface area contributed by atoms with Gasteiger partial charge >= 0.3 is 0 Å². The van der Waals surface area contributed by atoms with E-state index in [-0.39, 0.29) is 5.91 Å². The van der Waals surface area contributed by atoms with E-state index in [1.807, 2.05) is 18.2 Å². The molecule has 4 aromatic rings. The summed E-state index contributed by atoms with van der Waals surface area (Å²) in [7, 11) is 1.70. The van der Waals surface area contributed by atoms with Crippen molar-refractivity contribution in [2.75, 3.05) is 38.2 Å². The number of anilines is 1. The van der Waals surface area contributed by atoms with Gasteiger partial charge in [0.1, 0.15) is 5.75 Å². The number of rotatable bonds is 7. The highest BCUT2D eigenvalue weighted by molar-refractivity contribution is 6.18. The number of nitrogens with one attached hydrogen (secondary N) is 1. The highest BCUT2D eigenvalue weighted by Crippen LogP contribution is 2.46. The summed E-state index contributed by atoms with van der Waals surface area (Å²) in [5.74, 6) is 0.431. The monoisotopic (exact) mass is 467 g/mol. The molecule has 0 aromatic heterocycles. The molecule has 0 atom stereocenters. The molecule has 0 unspecified atom stereocenters. The zero-order chi connectivity index (χ0) is 24.4. The second-order valence-electron chi connectivity index (χ2n) is 9.23. The molecule has 1 amide bonds. The molecule has 180 valence electrons. The van der Waals surface area contributed by atoms with Crippen molar-refractivity contribution in [3.63, 3.8) is 0 Å². The first-order valence-corrected chi connectivity index (χ1v) is 12.5. The van der Waals surface area contributed by atoms with Gasteiger partial charge in [0.05, 0.1) is 18.4 Å². The molecule has 1 aliphatic heterocycles. The quantitative estimate of drug-likeness (QED) is 0.351. The molecule has 35 heavy (non-hydrogen) atoms. The minimum atomic E-state index is -0.365. The summed E-state index contributed by atoms with van der Waals surface area (Å²) in [4.78, 5) is 15.6. The number of hydrogen-bond acceptors (Lipinski definition) is 4. The van der Waals surface area contributed by atoms with Crippen molar-refractivity contribution < 1.29 is 9.53 Å². The zero-order valence-electron chi connectivity index (χ0n) is 20.6. The second kappa shape index (κ2) is 9.96. The normalized spacial score (nSPS) is 13.9. The van der Waals surface area contributed by atoms with Gasteiger partial charge in [0.15, 0.2) is 0 Å². The van der Waals surface area contributed by atoms with Gasteiger partial charge < -0.3 is 20.7 Å². The number of carbonyl (C=O) groups is 1. The van der Waals surface area contributed by atoms with Gasteiger partial charge in [-0.25, -0.2) is 0 Å². The van der Waals surface area contributed by atoms with E-state index in [0.29, 0.717) is 5.56 Å². The molecule has 5 nitrogen and oxygen atoms in total. The van der Waals surface area contributed by atoms with Crippen LogP contribution >= 0.6 is 0 Å². The number of amides is 1. The second-order valence-corrected chi connectivity index (χ2v) is 9.23. The van der Waals surface area contributed by atoms with Crippen LogP contribution in [0.15, 0.2) is 60.7 Å². The average Bonchev–Trinajstić information content (AvgIpc) is 2.90. The molecule has 5 heteroatoms. The van der Waals surface area contributed by atoms with Crippen LogP contribution < -0.4 is 20.7 Å². The lowest BCUT2D eigenvalue weighted by molar-refractivity contribution is 0.1000. The lowest BCUT2D eigenvalue weighted by atomic mass is 9.84. The minimum Gasteiger partial charge on any atom is -0.496 e. The first kappa shape index (κ1) is 23.2. The van der Waals surface area contributed by atoms with E-state index in [1.54, 1.807) is 7.11 Å². The summed E-state index contributed by atoms with van der Waals surface area (Å²) >= 11 is 0. The van der Waals surface area contributed by atoms with E-state index in [9.17, 15) is 4.79 Å². The Balaban J connectivity index is 1.98. The maximum atomic E-state index is 13.2. The summed E-state index contributed by atoms with van der Waals surface area (Å²) in [6, 6.07) is 21.0. The van der Waals surface area contributed by atoms with E-state index >= 15 is 0 Å². The van der Waals surface area contributed by atoms with Gasteiger partial charge in [-0.1, -0.05) is 55.8 Å². The van der Waals surface area contributed by atoms with Crippen LogP contribution in [0.25, 0.3) is 32.7 Å². The lowest BCUT2D eigenvalue weighted by Crippen LogP contribution is -2.44. The third kappa shape index (κ3) is 4.21. The molecule has 1 fully saturated rings. The van der Waals surface area contributed by atoms with Crippen molar-refractivity contribution in [2.24, 2.45) is 5.73 Å². The molecular weight excluding hydrogens is 434 g/mol. The fourth-order valence-electron chi connectivity index (χ4n) is 5.45. The number of unbranched alkanes of at least 4 members (excludes halogenated alkanes) is 1. The van der Waals surface area contributed by atoms with Gasteiger partial charge in [0, 0.05) is 37.1 Å². The zero-order valence-corrected chi connectivity index (χ0v) is 20.6. The van der Waals surface area contributed by atoms with Gasteiger partial charge in [0.25, 0.3) is 5.91 Å². The number of nitrogens with two attached hydrogens (primary N) is 1. The fraction of sp³-hybridized carbons (Fsp3) is 0.300. The van der Waals surface area contributed by atoms with Crippen molar-refractivity contribution >= 4 is 33.1 Å². The Hall–Kier alpha value is -3.57. The third-order valence-electron chi connectivity index (χ3n) is 7.09. The molecular formula is C30H33N3O2. The Morgan fingerprint density at radius 2 is 1.66 bits per heavy atom. The van der Waals surface area contributed by atoms with Crippen molar-refractivity contribution in [2.45, 2.75) is 26.2 Å². The van der Waals surface area contributed by atoms with Gasteiger partial charge in [-0.15, -0.1) is 0 Å². The Bertz CT molecular complexity index is 1390. The van der Waals surface area contributed by atoms with Crippen LogP contribution in [0.5, 0.6) is 5.75 Å². The van der Waals surface area contributed by atoms with Crippen molar-refractivity contribution in [1.82, 2.24) is 5.32 Å². The largest absolute Gasteiger partial charge is 0.496 e. The van der Waals surface area contributed by atoms with Crippen molar-refractivity contribution in [1.29, 1.82) is 0 Å². The smallest absolute Gasteiger partial charge is 0.251 e. The molecule has 0 spiro atoms. The highest BCUT2D eigenvalue weighted by Gasteiger charge is 2.28. The Morgan fingerprint density at radius 3 is 2.31 bits per heavy atom. The molecule has 3 N–H and O–H groups in total. The van der Waals surface area contributed by atoms with Gasteiger partial charge in [-0.3, -0.25) is 4.79 Å². The molecule has 1 aliphatic rings. The predicted molar refractivity (Wildman–Crippen MR) is 146 cm³/mol. The Kier molecular flexibility index (Phi) is 6.60. The van der Waals surface area contributed by atoms with E-state index in [4.69, 9.17) is 10.5 Å². The molecule has 5 rings (SSSR count). The number of nitrogens with zero attached hydrogens (tertiary/aromatic N) is 1. The number of primary amides is 1. The van der Waals surface area contributed by atoms with Crippen LogP contribution in [-0.2, 0) is 6.42 Å². The van der Waals surface area contributed by atoms with E-state index in [2.05, 4.69) is 59.6 Å². The molecule has 4 aromatic carbocycles. The molecule has 0 aliphatic carbocycles. The number of methoxy groups -OCH3 is 1. The molecule has 0 radical (unpaired) electrons. The SMILES string of the molecule is CCCCc1c(C(N)=O)c(N2CCNCC2)c2cc3ccccc3cc2c1-c1ccccc1OC. The predicted octanol–water partition coefficient (Wildman–Crippen LogP) is 5.52. The number of piperazine rings is 1. The first-order chi connectivity index (χ1) is 17.1. The van der Waals surface area contributed by atoms with Gasteiger partial charge in [0.2, 0.25) is 0 Å². The first-order valence-electron chi connectivity index (χ1n) is 12.5. The van der Waals surface area contributed by atoms with Crippen molar-refractivity contribution in [3.8, 4) is 16.9 Å². The summed E-state index contributed by atoms with van der Waals surface area (Å²) in [6.45, 7) is 5.61. The maximum Gasteiger partial charge on any atom is 0.251 e. The van der Waals surface area contributed by atoms with Crippen LogP contribution in [0, 0.1) is 0 Å². The maximum absolute atomic E-state index is 13.2. The summed E-state index contributed by atoms with van der Waals surface area (Å²) in [5, 5.41) is 7.97. The Labute approximate surface area is 206 Å². The molecule has 0 bridgehead atoms.